The Bertz CT molecular complexity index is 796. The second-order valence-electron chi connectivity index (χ2n) is 5.13. The molecule has 3 nitrogen and oxygen atoms in total. The molecule has 1 heterocycles. The summed E-state index contributed by atoms with van der Waals surface area (Å²) >= 11 is 3.58. The molecule has 1 unspecified atom stereocenters. The van der Waals surface area contributed by atoms with Crippen LogP contribution in [0.25, 0.3) is 10.8 Å². The van der Waals surface area contributed by atoms with E-state index in [0.717, 1.165) is 20.8 Å². The number of carbonyl (C=O) groups excluding carboxylic acids is 1. The number of nitrogens with zero attached hydrogens (tertiary/aromatic N) is 1. The predicted molar refractivity (Wildman–Crippen MR) is 90.8 cm³/mol. The molecule has 0 aliphatic rings. The number of fused-ring (bicyclic) bond motifs is 1. The van der Waals surface area contributed by atoms with E-state index in [4.69, 9.17) is 4.74 Å². The van der Waals surface area contributed by atoms with Gasteiger partial charge >= 0.3 is 5.97 Å². The zero-order chi connectivity index (χ0) is 15.5. The van der Waals surface area contributed by atoms with Gasteiger partial charge in [-0.15, -0.1) is 0 Å². The molecule has 0 aliphatic heterocycles. The molecular formula is C18H16BrNO2. The number of ether oxygens (including phenoxy) is 1. The van der Waals surface area contributed by atoms with Crippen LogP contribution < -0.4 is 0 Å². The third-order valence-electron chi connectivity index (χ3n) is 3.83. The van der Waals surface area contributed by atoms with E-state index in [1.54, 1.807) is 0 Å². The second kappa shape index (κ2) is 6.36. The van der Waals surface area contributed by atoms with Gasteiger partial charge in [0, 0.05) is 23.3 Å². The molecule has 22 heavy (non-hydrogen) atoms. The van der Waals surface area contributed by atoms with Gasteiger partial charge in [-0.1, -0.05) is 46.3 Å². The number of aromatic nitrogens is 1. The van der Waals surface area contributed by atoms with Crippen LogP contribution in [-0.2, 0) is 16.0 Å². The summed E-state index contributed by atoms with van der Waals surface area (Å²) in [6.45, 7) is 0. The lowest BCUT2D eigenvalue weighted by Crippen LogP contribution is -2.22. The maximum absolute atomic E-state index is 12.2. The Morgan fingerprint density at radius 3 is 2.50 bits per heavy atom. The maximum Gasteiger partial charge on any atom is 0.329 e. The van der Waals surface area contributed by atoms with Crippen molar-refractivity contribution in [1.29, 1.82) is 0 Å². The molecule has 0 amide bonds. The molecule has 0 fully saturated rings. The Kier molecular flexibility index (Phi) is 4.29. The van der Waals surface area contributed by atoms with E-state index in [1.807, 2.05) is 47.3 Å². The Morgan fingerprint density at radius 2 is 1.77 bits per heavy atom. The first kappa shape index (κ1) is 14.9. The van der Waals surface area contributed by atoms with Crippen molar-refractivity contribution in [2.45, 2.75) is 12.5 Å². The van der Waals surface area contributed by atoms with Crippen LogP contribution in [0.1, 0.15) is 11.6 Å². The summed E-state index contributed by atoms with van der Waals surface area (Å²) in [5, 5.41) is 2.30. The lowest BCUT2D eigenvalue weighted by atomic mass is 9.98. The van der Waals surface area contributed by atoms with E-state index in [2.05, 4.69) is 34.1 Å². The molecule has 1 atom stereocenters. The van der Waals surface area contributed by atoms with Crippen LogP contribution in [0.5, 0.6) is 0 Å². The molecule has 112 valence electrons. The normalized spacial score (nSPS) is 12.3. The van der Waals surface area contributed by atoms with Crippen LogP contribution in [0.15, 0.2) is 65.4 Å². The van der Waals surface area contributed by atoms with Crippen molar-refractivity contribution in [3.05, 3.63) is 71.0 Å². The number of esters is 1. The van der Waals surface area contributed by atoms with E-state index in [9.17, 15) is 4.79 Å². The van der Waals surface area contributed by atoms with Crippen molar-refractivity contribution >= 4 is 32.7 Å². The Balaban J connectivity index is 2.04. The van der Waals surface area contributed by atoms with E-state index in [1.165, 1.54) is 7.11 Å². The number of hydrogen-bond acceptors (Lipinski definition) is 2. The molecule has 2 aromatic carbocycles. The number of benzene rings is 2. The minimum atomic E-state index is -0.357. The van der Waals surface area contributed by atoms with Crippen LogP contribution in [0.3, 0.4) is 0 Å². The molecule has 0 spiro atoms. The lowest BCUT2D eigenvalue weighted by Gasteiger charge is -2.18. The van der Waals surface area contributed by atoms with Crippen LogP contribution in [-0.4, -0.2) is 17.6 Å². The minimum Gasteiger partial charge on any atom is -0.467 e. The highest BCUT2D eigenvalue weighted by Gasteiger charge is 2.21. The van der Waals surface area contributed by atoms with Crippen molar-refractivity contribution in [2.24, 2.45) is 0 Å². The maximum atomic E-state index is 12.2. The van der Waals surface area contributed by atoms with Gasteiger partial charge in [0.2, 0.25) is 0 Å². The van der Waals surface area contributed by atoms with Crippen LogP contribution in [0, 0.1) is 0 Å². The van der Waals surface area contributed by atoms with E-state index < -0.39 is 0 Å². The highest BCUT2D eigenvalue weighted by molar-refractivity contribution is 9.10. The first-order valence-corrected chi connectivity index (χ1v) is 7.86. The molecule has 4 heteroatoms. The van der Waals surface area contributed by atoms with Crippen molar-refractivity contribution in [3.63, 3.8) is 0 Å². The summed E-state index contributed by atoms with van der Waals surface area (Å²) in [5.41, 5.74) is 1.13. The van der Waals surface area contributed by atoms with Gasteiger partial charge in [-0.2, -0.15) is 0 Å². The van der Waals surface area contributed by atoms with Crippen LogP contribution >= 0.6 is 15.9 Å². The smallest absolute Gasteiger partial charge is 0.329 e. The third-order valence-corrected chi connectivity index (χ3v) is 4.52. The van der Waals surface area contributed by atoms with Gasteiger partial charge in [-0.3, -0.25) is 0 Å². The summed E-state index contributed by atoms with van der Waals surface area (Å²) in [4.78, 5) is 12.2. The molecule has 3 aromatic rings. The average Bonchev–Trinajstić information content (AvgIpc) is 3.06. The van der Waals surface area contributed by atoms with E-state index in [0.29, 0.717) is 6.42 Å². The Morgan fingerprint density at radius 1 is 1.09 bits per heavy atom. The standard InChI is InChI=1S/C18H16BrNO2/c1-22-18(21)17(20-10-2-3-11-20)12-13-6-4-8-15-14(13)7-5-9-16(15)19/h2-11,17H,12H2,1H3. The molecule has 0 N–H and O–H groups in total. The van der Waals surface area contributed by atoms with Crippen molar-refractivity contribution in [3.8, 4) is 0 Å². The molecule has 3 rings (SSSR count). The topological polar surface area (TPSA) is 31.2 Å². The van der Waals surface area contributed by atoms with Crippen LogP contribution in [0.4, 0.5) is 0 Å². The number of hydrogen-bond donors (Lipinski definition) is 0. The Labute approximate surface area is 137 Å². The fraction of sp³-hybridized carbons (Fsp3) is 0.167. The summed E-state index contributed by atoms with van der Waals surface area (Å²) in [6, 6.07) is 15.7. The highest BCUT2D eigenvalue weighted by Crippen LogP contribution is 2.28. The average molecular weight is 358 g/mol. The van der Waals surface area contributed by atoms with Gasteiger partial charge in [0.05, 0.1) is 7.11 Å². The van der Waals surface area contributed by atoms with Crippen LogP contribution in [0.2, 0.25) is 0 Å². The van der Waals surface area contributed by atoms with Gasteiger partial charge in [0.1, 0.15) is 6.04 Å². The highest BCUT2D eigenvalue weighted by atomic mass is 79.9. The first-order chi connectivity index (χ1) is 10.7. The van der Waals surface area contributed by atoms with E-state index >= 15 is 0 Å². The third kappa shape index (κ3) is 2.79. The molecule has 0 saturated heterocycles. The fourth-order valence-electron chi connectivity index (χ4n) is 2.73. The minimum absolute atomic E-state index is 0.233. The SMILES string of the molecule is COC(=O)C(Cc1cccc2c(Br)cccc12)n1cccc1. The molecule has 0 bridgehead atoms. The number of rotatable bonds is 4. The van der Waals surface area contributed by atoms with Gasteiger partial charge in [-0.05, 0) is 34.5 Å². The largest absolute Gasteiger partial charge is 0.467 e. The number of halogens is 1. The monoisotopic (exact) mass is 357 g/mol. The Hall–Kier alpha value is -2.07. The number of carbonyl (C=O) groups is 1. The summed E-state index contributed by atoms with van der Waals surface area (Å²) in [6.07, 6.45) is 4.38. The quantitative estimate of drug-likeness (QED) is 0.649. The van der Waals surface area contributed by atoms with Crippen molar-refractivity contribution < 1.29 is 9.53 Å². The van der Waals surface area contributed by atoms with Gasteiger partial charge in [0.15, 0.2) is 0 Å². The lowest BCUT2D eigenvalue weighted by molar-refractivity contribution is -0.144. The molecule has 0 saturated carbocycles. The van der Waals surface area contributed by atoms with Crippen molar-refractivity contribution in [2.75, 3.05) is 7.11 Å². The fourth-order valence-corrected chi connectivity index (χ4v) is 3.22. The first-order valence-electron chi connectivity index (χ1n) is 7.07. The van der Waals surface area contributed by atoms with E-state index in [-0.39, 0.29) is 12.0 Å². The summed E-state index contributed by atoms with van der Waals surface area (Å²) in [5.74, 6) is -0.233. The van der Waals surface area contributed by atoms with Gasteiger partial charge in [-0.25, -0.2) is 4.79 Å². The molecular weight excluding hydrogens is 342 g/mol. The predicted octanol–water partition coefficient (Wildman–Crippen LogP) is 4.36. The summed E-state index contributed by atoms with van der Waals surface area (Å²) in [7, 11) is 1.43. The van der Waals surface area contributed by atoms with Gasteiger partial charge in [0.25, 0.3) is 0 Å². The zero-order valence-corrected chi connectivity index (χ0v) is 13.8. The number of methoxy groups -OCH3 is 1. The zero-order valence-electron chi connectivity index (χ0n) is 12.2. The van der Waals surface area contributed by atoms with Crippen molar-refractivity contribution in [1.82, 2.24) is 4.57 Å². The second-order valence-corrected chi connectivity index (χ2v) is 5.98. The molecule has 0 radical (unpaired) electrons. The molecule has 1 aromatic heterocycles. The van der Waals surface area contributed by atoms with Gasteiger partial charge < -0.3 is 9.30 Å². The summed E-state index contributed by atoms with van der Waals surface area (Å²) < 4.78 is 7.92. The molecule has 0 aliphatic carbocycles.